The van der Waals surface area contributed by atoms with Crippen LogP contribution in [0.5, 0.6) is 0 Å². The van der Waals surface area contributed by atoms with E-state index < -0.39 is 24.0 Å². The van der Waals surface area contributed by atoms with Crippen LogP contribution in [0.2, 0.25) is 0 Å². The molecule has 0 fully saturated rings. The quantitative estimate of drug-likeness (QED) is 0.550. The van der Waals surface area contributed by atoms with Crippen molar-refractivity contribution in [3.8, 4) is 0 Å². The first-order valence-corrected chi connectivity index (χ1v) is 6.21. The molecule has 7 heteroatoms. The number of carboxylic acid groups (broad SMARTS) is 1. The predicted molar refractivity (Wildman–Crippen MR) is 69.3 cm³/mol. The molecule has 0 unspecified atom stereocenters. The smallest absolute Gasteiger partial charge is 0.326 e. The Morgan fingerprint density at radius 1 is 1.58 bits per heavy atom. The Labute approximate surface area is 111 Å². The van der Waals surface area contributed by atoms with Crippen LogP contribution < -0.4 is 11.1 Å². The fourth-order valence-corrected chi connectivity index (χ4v) is 1.67. The number of aromatic amines is 1. The normalized spacial score (nSPS) is 15.5. The molecule has 5 N–H and O–H groups in total. The Morgan fingerprint density at radius 2 is 2.26 bits per heavy atom. The van der Waals surface area contributed by atoms with Gasteiger partial charge in [-0.2, -0.15) is 0 Å². The Bertz CT molecular complexity index is 419. The molecule has 19 heavy (non-hydrogen) atoms. The van der Waals surface area contributed by atoms with Gasteiger partial charge in [-0.1, -0.05) is 20.3 Å². The van der Waals surface area contributed by atoms with Crippen LogP contribution in [0.1, 0.15) is 26.0 Å². The monoisotopic (exact) mass is 268 g/mol. The number of amides is 1. The SMILES string of the molecule is CC[C@@H](C)[C@H](NC(=O)[C@H](N)Cc1cnc[nH]1)C(=O)O. The second kappa shape index (κ2) is 6.89. The van der Waals surface area contributed by atoms with E-state index in [1.807, 2.05) is 6.92 Å². The lowest BCUT2D eigenvalue weighted by Gasteiger charge is -2.22. The van der Waals surface area contributed by atoms with E-state index in [1.165, 1.54) is 6.33 Å². The number of hydrogen-bond donors (Lipinski definition) is 4. The summed E-state index contributed by atoms with van der Waals surface area (Å²) in [6.45, 7) is 3.65. The Balaban J connectivity index is 2.58. The van der Waals surface area contributed by atoms with Crippen molar-refractivity contribution < 1.29 is 14.7 Å². The first-order valence-electron chi connectivity index (χ1n) is 6.21. The molecule has 0 radical (unpaired) electrons. The van der Waals surface area contributed by atoms with Gasteiger partial charge in [-0.15, -0.1) is 0 Å². The van der Waals surface area contributed by atoms with Crippen LogP contribution in [-0.2, 0) is 16.0 Å². The van der Waals surface area contributed by atoms with E-state index in [0.29, 0.717) is 12.8 Å². The van der Waals surface area contributed by atoms with Gasteiger partial charge in [0.2, 0.25) is 5.91 Å². The van der Waals surface area contributed by atoms with E-state index in [9.17, 15) is 9.59 Å². The molecule has 1 aromatic heterocycles. The average molecular weight is 268 g/mol. The van der Waals surface area contributed by atoms with Crippen molar-refractivity contribution in [2.75, 3.05) is 0 Å². The molecule has 0 aliphatic heterocycles. The Kier molecular flexibility index (Phi) is 5.50. The summed E-state index contributed by atoms with van der Waals surface area (Å²) in [4.78, 5) is 29.6. The number of aromatic nitrogens is 2. The Hall–Kier alpha value is -1.89. The van der Waals surface area contributed by atoms with Gasteiger partial charge in [0.1, 0.15) is 6.04 Å². The van der Waals surface area contributed by atoms with Crippen LogP contribution in [-0.4, -0.2) is 39.0 Å². The fraction of sp³-hybridized carbons (Fsp3) is 0.583. The minimum atomic E-state index is -1.04. The second-order valence-electron chi connectivity index (χ2n) is 4.60. The van der Waals surface area contributed by atoms with Gasteiger partial charge in [-0.25, -0.2) is 9.78 Å². The van der Waals surface area contributed by atoms with Crippen LogP contribution in [0.4, 0.5) is 0 Å². The van der Waals surface area contributed by atoms with Crippen molar-refractivity contribution in [1.29, 1.82) is 0 Å². The lowest BCUT2D eigenvalue weighted by molar-refractivity contribution is -0.143. The maximum Gasteiger partial charge on any atom is 0.326 e. The minimum absolute atomic E-state index is 0.152. The van der Waals surface area contributed by atoms with Gasteiger partial charge in [0, 0.05) is 18.3 Å². The molecule has 7 nitrogen and oxygen atoms in total. The summed E-state index contributed by atoms with van der Waals surface area (Å²) >= 11 is 0. The highest BCUT2D eigenvalue weighted by Gasteiger charge is 2.27. The first kappa shape index (κ1) is 15.2. The summed E-state index contributed by atoms with van der Waals surface area (Å²) in [5, 5.41) is 11.6. The summed E-state index contributed by atoms with van der Waals surface area (Å²) < 4.78 is 0. The number of hydrogen-bond acceptors (Lipinski definition) is 4. The van der Waals surface area contributed by atoms with E-state index >= 15 is 0 Å². The zero-order valence-corrected chi connectivity index (χ0v) is 11.1. The second-order valence-corrected chi connectivity index (χ2v) is 4.60. The Morgan fingerprint density at radius 3 is 2.74 bits per heavy atom. The molecule has 1 heterocycles. The van der Waals surface area contributed by atoms with E-state index in [0.717, 1.165) is 5.69 Å². The molecule has 106 valence electrons. The van der Waals surface area contributed by atoms with Crippen molar-refractivity contribution in [2.24, 2.45) is 11.7 Å². The number of rotatable bonds is 7. The highest BCUT2D eigenvalue weighted by molar-refractivity contribution is 5.87. The number of carbonyl (C=O) groups excluding carboxylic acids is 1. The zero-order valence-electron chi connectivity index (χ0n) is 11.1. The molecule has 1 amide bonds. The van der Waals surface area contributed by atoms with Crippen molar-refractivity contribution in [2.45, 2.75) is 38.8 Å². The maximum atomic E-state index is 11.9. The third-order valence-corrected chi connectivity index (χ3v) is 3.11. The zero-order chi connectivity index (χ0) is 14.4. The molecule has 0 aliphatic carbocycles. The predicted octanol–water partition coefficient (Wildman–Crippen LogP) is -0.105. The van der Waals surface area contributed by atoms with Gasteiger partial charge >= 0.3 is 5.97 Å². The van der Waals surface area contributed by atoms with E-state index in [-0.39, 0.29) is 5.92 Å². The molecule has 3 atom stereocenters. The van der Waals surface area contributed by atoms with Crippen molar-refractivity contribution in [3.63, 3.8) is 0 Å². The average Bonchev–Trinajstić information content (AvgIpc) is 2.86. The van der Waals surface area contributed by atoms with Gasteiger partial charge in [-0.3, -0.25) is 4.79 Å². The highest BCUT2D eigenvalue weighted by atomic mass is 16.4. The number of nitrogens with zero attached hydrogens (tertiary/aromatic N) is 1. The van der Waals surface area contributed by atoms with Gasteiger partial charge in [0.25, 0.3) is 0 Å². The van der Waals surface area contributed by atoms with Crippen molar-refractivity contribution in [3.05, 3.63) is 18.2 Å². The molecule has 0 saturated carbocycles. The fourth-order valence-electron chi connectivity index (χ4n) is 1.67. The van der Waals surface area contributed by atoms with Crippen LogP contribution in [0.15, 0.2) is 12.5 Å². The number of carboxylic acids is 1. The van der Waals surface area contributed by atoms with Crippen LogP contribution in [0.25, 0.3) is 0 Å². The van der Waals surface area contributed by atoms with Crippen LogP contribution in [0, 0.1) is 5.92 Å². The van der Waals surface area contributed by atoms with E-state index in [4.69, 9.17) is 10.8 Å². The van der Waals surface area contributed by atoms with E-state index in [1.54, 1.807) is 13.1 Å². The lowest BCUT2D eigenvalue weighted by Crippen LogP contribution is -2.51. The topological polar surface area (TPSA) is 121 Å². The van der Waals surface area contributed by atoms with Gasteiger partial charge in [0.15, 0.2) is 0 Å². The standard InChI is InChI=1S/C12H20N4O3/c1-3-7(2)10(12(18)19)16-11(17)9(13)4-8-5-14-6-15-8/h5-7,9-10H,3-4,13H2,1-2H3,(H,14,15)(H,16,17)(H,18,19)/t7-,9-,10+/m1/s1. The molecular weight excluding hydrogens is 248 g/mol. The number of H-pyrrole nitrogens is 1. The molecule has 0 aromatic carbocycles. The van der Waals surface area contributed by atoms with Crippen LogP contribution >= 0.6 is 0 Å². The first-order chi connectivity index (χ1) is 8.95. The maximum absolute atomic E-state index is 11.9. The number of imidazole rings is 1. The number of aliphatic carboxylic acids is 1. The number of carbonyl (C=O) groups is 2. The van der Waals surface area contributed by atoms with Gasteiger partial charge in [-0.05, 0) is 5.92 Å². The summed E-state index contributed by atoms with van der Waals surface area (Å²) in [7, 11) is 0. The summed E-state index contributed by atoms with van der Waals surface area (Å²) in [5.74, 6) is -1.67. The molecule has 0 bridgehead atoms. The molecule has 0 spiro atoms. The molecular formula is C12H20N4O3. The van der Waals surface area contributed by atoms with E-state index in [2.05, 4.69) is 15.3 Å². The largest absolute Gasteiger partial charge is 0.480 e. The third-order valence-electron chi connectivity index (χ3n) is 3.11. The minimum Gasteiger partial charge on any atom is -0.480 e. The molecule has 1 aromatic rings. The molecule has 0 saturated heterocycles. The van der Waals surface area contributed by atoms with Crippen LogP contribution in [0.3, 0.4) is 0 Å². The van der Waals surface area contributed by atoms with Gasteiger partial charge < -0.3 is 21.1 Å². The highest BCUT2D eigenvalue weighted by Crippen LogP contribution is 2.08. The summed E-state index contributed by atoms with van der Waals surface area (Å²) in [5.41, 5.74) is 6.48. The molecule has 0 aliphatic rings. The van der Waals surface area contributed by atoms with Gasteiger partial charge in [0.05, 0.1) is 12.4 Å². The number of nitrogens with two attached hydrogens (primary N) is 1. The number of nitrogens with one attached hydrogen (secondary N) is 2. The molecule has 1 rings (SSSR count). The van der Waals surface area contributed by atoms with Crippen molar-refractivity contribution in [1.82, 2.24) is 15.3 Å². The summed E-state index contributed by atoms with van der Waals surface area (Å²) in [6, 6.07) is -1.71. The lowest BCUT2D eigenvalue weighted by atomic mass is 9.98. The summed E-state index contributed by atoms with van der Waals surface area (Å²) in [6.07, 6.45) is 4.03. The third kappa shape index (κ3) is 4.36. The van der Waals surface area contributed by atoms with Crippen molar-refractivity contribution >= 4 is 11.9 Å².